The monoisotopic (exact) mass is 318 g/mol. The normalized spacial score (nSPS) is 10.2. The lowest BCUT2D eigenvalue weighted by molar-refractivity contribution is 0.0526. The molecule has 3 heteroatoms. The number of alkyl halides is 1. The van der Waals surface area contributed by atoms with E-state index in [-0.39, 0.29) is 5.97 Å². The van der Waals surface area contributed by atoms with Crippen molar-refractivity contribution in [2.24, 2.45) is 0 Å². The molecule has 98 valence electrons. The van der Waals surface area contributed by atoms with Crippen molar-refractivity contribution in [2.75, 3.05) is 6.61 Å². The van der Waals surface area contributed by atoms with Gasteiger partial charge < -0.3 is 4.74 Å². The van der Waals surface area contributed by atoms with E-state index in [1.165, 1.54) is 5.56 Å². The second kappa shape index (κ2) is 6.53. The van der Waals surface area contributed by atoms with E-state index in [1.807, 2.05) is 12.1 Å². The quantitative estimate of drug-likeness (QED) is 0.616. The third-order valence-corrected chi connectivity index (χ3v) is 3.49. The van der Waals surface area contributed by atoms with Crippen molar-refractivity contribution in [1.29, 1.82) is 0 Å². The molecule has 0 aliphatic heterocycles. The Bertz CT molecular complexity index is 544. The van der Waals surface area contributed by atoms with Crippen molar-refractivity contribution in [3.8, 4) is 11.1 Å². The predicted octanol–water partition coefficient (Wildman–Crippen LogP) is 4.43. The molecule has 0 aromatic heterocycles. The summed E-state index contributed by atoms with van der Waals surface area (Å²) in [5.74, 6) is -0.274. The molecule has 0 bridgehead atoms. The highest BCUT2D eigenvalue weighted by Crippen LogP contribution is 2.21. The van der Waals surface area contributed by atoms with Crippen LogP contribution in [0.5, 0.6) is 0 Å². The van der Waals surface area contributed by atoms with Crippen LogP contribution in [0.3, 0.4) is 0 Å². The summed E-state index contributed by atoms with van der Waals surface area (Å²) in [6.07, 6.45) is 0. The van der Waals surface area contributed by atoms with Crippen LogP contribution in [0, 0.1) is 0 Å². The van der Waals surface area contributed by atoms with E-state index in [2.05, 4.69) is 40.2 Å². The van der Waals surface area contributed by atoms with Gasteiger partial charge in [0.05, 0.1) is 12.2 Å². The van der Waals surface area contributed by atoms with Gasteiger partial charge in [-0.15, -0.1) is 0 Å². The van der Waals surface area contributed by atoms with Crippen molar-refractivity contribution >= 4 is 21.9 Å². The fourth-order valence-electron chi connectivity index (χ4n) is 1.80. The summed E-state index contributed by atoms with van der Waals surface area (Å²) in [6, 6.07) is 15.8. The molecule has 0 saturated heterocycles. The molecule has 0 N–H and O–H groups in total. The molecule has 0 aliphatic rings. The first-order chi connectivity index (χ1) is 9.24. The Morgan fingerprint density at radius 1 is 1.00 bits per heavy atom. The van der Waals surface area contributed by atoms with Crippen LogP contribution in [0.25, 0.3) is 11.1 Å². The van der Waals surface area contributed by atoms with Crippen LogP contribution in [0.15, 0.2) is 48.5 Å². The average molecular weight is 319 g/mol. The number of benzene rings is 2. The van der Waals surface area contributed by atoms with Gasteiger partial charge in [0.15, 0.2) is 0 Å². The number of hydrogen-bond donors (Lipinski definition) is 0. The van der Waals surface area contributed by atoms with Crippen LogP contribution in [0.2, 0.25) is 0 Å². The van der Waals surface area contributed by atoms with Gasteiger partial charge in [-0.05, 0) is 35.7 Å². The molecule has 0 spiro atoms. The fraction of sp³-hybridized carbons (Fsp3) is 0.188. The molecule has 0 saturated carbocycles. The zero-order chi connectivity index (χ0) is 13.7. The number of esters is 1. The Morgan fingerprint density at radius 3 is 2.00 bits per heavy atom. The number of carbonyl (C=O) groups is 1. The minimum absolute atomic E-state index is 0.274. The first-order valence-corrected chi connectivity index (χ1v) is 7.29. The molecule has 0 atom stereocenters. The van der Waals surface area contributed by atoms with E-state index in [9.17, 15) is 4.79 Å². The largest absolute Gasteiger partial charge is 0.462 e. The maximum Gasteiger partial charge on any atom is 0.338 e. The second-order valence-electron chi connectivity index (χ2n) is 4.13. The number of ether oxygens (including phenoxy) is 1. The maximum absolute atomic E-state index is 11.5. The Labute approximate surface area is 121 Å². The summed E-state index contributed by atoms with van der Waals surface area (Å²) in [4.78, 5) is 11.5. The first-order valence-electron chi connectivity index (χ1n) is 6.17. The standard InChI is InChI=1S/C16H15BrO2/c1-2-19-16(18)15-9-7-14(8-10-15)13-5-3-12(11-17)4-6-13/h3-10H,2,11H2,1H3. The molecule has 0 amide bonds. The van der Waals surface area contributed by atoms with Gasteiger partial charge in [0.25, 0.3) is 0 Å². The summed E-state index contributed by atoms with van der Waals surface area (Å²) in [5.41, 5.74) is 4.06. The van der Waals surface area contributed by atoms with Gasteiger partial charge in [-0.1, -0.05) is 52.3 Å². The van der Waals surface area contributed by atoms with E-state index < -0.39 is 0 Å². The SMILES string of the molecule is CCOC(=O)c1ccc(-c2ccc(CBr)cc2)cc1. The van der Waals surface area contributed by atoms with Crippen molar-refractivity contribution in [3.05, 3.63) is 59.7 Å². The van der Waals surface area contributed by atoms with Crippen LogP contribution >= 0.6 is 15.9 Å². The lowest BCUT2D eigenvalue weighted by Gasteiger charge is -2.05. The minimum atomic E-state index is -0.274. The zero-order valence-corrected chi connectivity index (χ0v) is 12.3. The van der Waals surface area contributed by atoms with Crippen molar-refractivity contribution in [3.63, 3.8) is 0 Å². The topological polar surface area (TPSA) is 26.3 Å². The maximum atomic E-state index is 11.5. The van der Waals surface area contributed by atoms with E-state index in [0.29, 0.717) is 12.2 Å². The van der Waals surface area contributed by atoms with Gasteiger partial charge in [-0.2, -0.15) is 0 Å². The Hall–Kier alpha value is -1.61. The van der Waals surface area contributed by atoms with Crippen LogP contribution in [0.4, 0.5) is 0 Å². The second-order valence-corrected chi connectivity index (χ2v) is 4.69. The van der Waals surface area contributed by atoms with E-state index in [0.717, 1.165) is 16.5 Å². The lowest BCUT2D eigenvalue weighted by atomic mass is 10.0. The van der Waals surface area contributed by atoms with Gasteiger partial charge in [-0.3, -0.25) is 0 Å². The molecular formula is C16H15BrO2. The molecule has 0 unspecified atom stereocenters. The third-order valence-electron chi connectivity index (χ3n) is 2.84. The van der Waals surface area contributed by atoms with Gasteiger partial charge in [0.1, 0.15) is 0 Å². The molecule has 2 aromatic carbocycles. The van der Waals surface area contributed by atoms with Gasteiger partial charge >= 0.3 is 5.97 Å². The molecule has 19 heavy (non-hydrogen) atoms. The fourth-order valence-corrected chi connectivity index (χ4v) is 2.17. The van der Waals surface area contributed by atoms with Crippen LogP contribution in [0.1, 0.15) is 22.8 Å². The molecule has 0 heterocycles. The smallest absolute Gasteiger partial charge is 0.338 e. The molecule has 0 fully saturated rings. The summed E-state index contributed by atoms with van der Waals surface area (Å²) in [7, 11) is 0. The number of carbonyl (C=O) groups excluding carboxylic acids is 1. The molecule has 0 radical (unpaired) electrons. The average Bonchev–Trinajstić information content (AvgIpc) is 2.48. The van der Waals surface area contributed by atoms with E-state index in [4.69, 9.17) is 4.74 Å². The summed E-state index contributed by atoms with van der Waals surface area (Å²) in [5, 5.41) is 0.856. The zero-order valence-electron chi connectivity index (χ0n) is 10.7. The van der Waals surface area contributed by atoms with Gasteiger partial charge in [-0.25, -0.2) is 4.79 Å². The Balaban J connectivity index is 2.19. The number of rotatable bonds is 4. The highest BCUT2D eigenvalue weighted by molar-refractivity contribution is 9.08. The van der Waals surface area contributed by atoms with Crippen molar-refractivity contribution in [1.82, 2.24) is 0 Å². The van der Waals surface area contributed by atoms with Gasteiger partial charge in [0, 0.05) is 5.33 Å². The molecular weight excluding hydrogens is 304 g/mol. The third kappa shape index (κ3) is 3.44. The number of halogens is 1. The van der Waals surface area contributed by atoms with Gasteiger partial charge in [0.2, 0.25) is 0 Å². The Kier molecular flexibility index (Phi) is 4.74. The van der Waals surface area contributed by atoms with Crippen LogP contribution in [-0.2, 0) is 10.1 Å². The van der Waals surface area contributed by atoms with Crippen LogP contribution < -0.4 is 0 Å². The summed E-state index contributed by atoms with van der Waals surface area (Å²) in [6.45, 7) is 2.20. The lowest BCUT2D eigenvalue weighted by Crippen LogP contribution is -2.03. The summed E-state index contributed by atoms with van der Waals surface area (Å²) < 4.78 is 4.96. The highest BCUT2D eigenvalue weighted by atomic mass is 79.9. The molecule has 2 aromatic rings. The predicted molar refractivity (Wildman–Crippen MR) is 80.5 cm³/mol. The van der Waals surface area contributed by atoms with Crippen molar-refractivity contribution < 1.29 is 9.53 Å². The Morgan fingerprint density at radius 2 is 1.53 bits per heavy atom. The molecule has 0 aliphatic carbocycles. The first kappa shape index (κ1) is 13.8. The van der Waals surface area contributed by atoms with Crippen molar-refractivity contribution in [2.45, 2.75) is 12.3 Å². The number of hydrogen-bond acceptors (Lipinski definition) is 2. The minimum Gasteiger partial charge on any atom is -0.462 e. The molecule has 2 rings (SSSR count). The van der Waals surface area contributed by atoms with E-state index in [1.54, 1.807) is 19.1 Å². The highest BCUT2D eigenvalue weighted by Gasteiger charge is 2.06. The molecule has 2 nitrogen and oxygen atoms in total. The summed E-state index contributed by atoms with van der Waals surface area (Å²) >= 11 is 3.43. The van der Waals surface area contributed by atoms with E-state index >= 15 is 0 Å². The van der Waals surface area contributed by atoms with Crippen LogP contribution in [-0.4, -0.2) is 12.6 Å².